The van der Waals surface area contributed by atoms with Crippen LogP contribution in [0.15, 0.2) is 30.3 Å². The van der Waals surface area contributed by atoms with Crippen LogP contribution in [0.4, 0.5) is 0 Å². The van der Waals surface area contributed by atoms with Crippen molar-refractivity contribution >= 4 is 62.9 Å². The predicted octanol–water partition coefficient (Wildman–Crippen LogP) is 5.64. The lowest BCUT2D eigenvalue weighted by atomic mass is 10.2. The summed E-state index contributed by atoms with van der Waals surface area (Å²) < 4.78 is 7.31. The highest BCUT2D eigenvalue weighted by atomic mass is 32.1. The Balaban J connectivity index is 2.32. The predicted molar refractivity (Wildman–Crippen MR) is 77.3 cm³/mol. The maximum Gasteiger partial charge on any atom is 0.0642 e. The lowest BCUT2D eigenvalue weighted by Crippen LogP contribution is -1.58. The van der Waals surface area contributed by atoms with Gasteiger partial charge in [0.2, 0.25) is 0 Å². The zero-order chi connectivity index (χ0) is 10.7. The Bertz CT molecular complexity index is 814. The molecule has 0 N–H and O–H groups in total. The average molecular weight is 260 g/mol. The minimum atomic E-state index is 1.41. The molecule has 4 rings (SSSR count). The van der Waals surface area contributed by atoms with Crippen LogP contribution in [0.3, 0.4) is 0 Å². The van der Waals surface area contributed by atoms with E-state index in [1.54, 1.807) is 0 Å². The van der Waals surface area contributed by atoms with E-state index in [0.29, 0.717) is 0 Å². The molecule has 0 saturated carbocycles. The molecular formula is C13H8S3. The van der Waals surface area contributed by atoms with Gasteiger partial charge in [0.05, 0.1) is 14.1 Å². The van der Waals surface area contributed by atoms with Crippen molar-refractivity contribution in [1.82, 2.24) is 0 Å². The summed E-state index contributed by atoms with van der Waals surface area (Å²) in [6, 6.07) is 11.0. The van der Waals surface area contributed by atoms with Gasteiger partial charge in [-0.2, -0.15) is 0 Å². The fourth-order valence-electron chi connectivity index (χ4n) is 2.11. The Morgan fingerprint density at radius 2 is 1.62 bits per heavy atom. The SMILES string of the molecule is Cc1cc2sc3c4ccccc4sc3c2s1. The Hall–Kier alpha value is -0.900. The molecule has 1 aromatic carbocycles. The molecule has 0 radical (unpaired) electrons. The first-order valence-electron chi connectivity index (χ1n) is 5.13. The first-order valence-corrected chi connectivity index (χ1v) is 7.58. The first kappa shape index (κ1) is 9.16. The van der Waals surface area contributed by atoms with Gasteiger partial charge in [0.15, 0.2) is 0 Å². The number of benzene rings is 1. The monoisotopic (exact) mass is 260 g/mol. The molecule has 3 heterocycles. The van der Waals surface area contributed by atoms with E-state index in [0.717, 1.165) is 0 Å². The molecule has 0 atom stereocenters. The van der Waals surface area contributed by atoms with Gasteiger partial charge in [0, 0.05) is 19.7 Å². The number of thiophene rings is 3. The van der Waals surface area contributed by atoms with Gasteiger partial charge in [0.1, 0.15) is 0 Å². The van der Waals surface area contributed by atoms with E-state index in [-0.39, 0.29) is 0 Å². The van der Waals surface area contributed by atoms with E-state index in [1.165, 1.54) is 33.8 Å². The minimum absolute atomic E-state index is 1.41. The summed E-state index contributed by atoms with van der Waals surface area (Å²) in [4.78, 5) is 1.42. The van der Waals surface area contributed by atoms with Crippen molar-refractivity contribution in [2.75, 3.05) is 0 Å². The summed E-state index contributed by atoms with van der Waals surface area (Å²) >= 11 is 5.80. The second-order valence-corrected chi connectivity index (χ2v) is 7.27. The molecule has 0 aliphatic rings. The summed E-state index contributed by atoms with van der Waals surface area (Å²) in [6.07, 6.45) is 0. The first-order chi connectivity index (χ1) is 7.83. The molecular weight excluding hydrogens is 252 g/mol. The van der Waals surface area contributed by atoms with E-state index in [9.17, 15) is 0 Å². The zero-order valence-electron chi connectivity index (χ0n) is 8.61. The summed E-state index contributed by atoms with van der Waals surface area (Å²) in [5.74, 6) is 0. The molecule has 16 heavy (non-hydrogen) atoms. The van der Waals surface area contributed by atoms with Crippen LogP contribution in [-0.4, -0.2) is 0 Å². The zero-order valence-corrected chi connectivity index (χ0v) is 11.1. The van der Waals surface area contributed by atoms with E-state index in [4.69, 9.17) is 0 Å². The summed E-state index contributed by atoms with van der Waals surface area (Å²) in [5, 5.41) is 1.42. The van der Waals surface area contributed by atoms with Crippen LogP contribution >= 0.6 is 34.0 Å². The van der Waals surface area contributed by atoms with E-state index < -0.39 is 0 Å². The normalized spacial score (nSPS) is 12.1. The molecule has 0 bridgehead atoms. The van der Waals surface area contributed by atoms with Crippen LogP contribution in [0, 0.1) is 6.92 Å². The van der Waals surface area contributed by atoms with Gasteiger partial charge < -0.3 is 0 Å². The van der Waals surface area contributed by atoms with Crippen molar-refractivity contribution in [2.24, 2.45) is 0 Å². The van der Waals surface area contributed by atoms with E-state index in [1.807, 2.05) is 34.0 Å². The lowest BCUT2D eigenvalue weighted by molar-refractivity contribution is 1.66. The van der Waals surface area contributed by atoms with Crippen LogP contribution in [0.25, 0.3) is 28.9 Å². The summed E-state index contributed by atoms with van der Waals surface area (Å²) in [6.45, 7) is 2.19. The Labute approximate surface area is 105 Å². The molecule has 3 heteroatoms. The molecule has 0 spiro atoms. The Morgan fingerprint density at radius 3 is 2.56 bits per heavy atom. The third kappa shape index (κ3) is 1.08. The second-order valence-electron chi connectivity index (χ2n) is 3.91. The molecule has 4 aromatic rings. The third-order valence-corrected chi connectivity index (χ3v) is 6.60. The largest absolute Gasteiger partial charge is 0.138 e. The second kappa shape index (κ2) is 3.06. The van der Waals surface area contributed by atoms with Crippen molar-refractivity contribution in [2.45, 2.75) is 6.92 Å². The molecule has 0 fully saturated rings. The maximum atomic E-state index is 2.31. The van der Waals surface area contributed by atoms with Crippen LogP contribution in [0.5, 0.6) is 0 Å². The number of fused-ring (bicyclic) bond motifs is 5. The smallest absolute Gasteiger partial charge is 0.0642 e. The van der Waals surface area contributed by atoms with Gasteiger partial charge in [-0.1, -0.05) is 18.2 Å². The highest BCUT2D eigenvalue weighted by Crippen LogP contribution is 2.46. The van der Waals surface area contributed by atoms with Crippen molar-refractivity contribution in [1.29, 1.82) is 0 Å². The lowest BCUT2D eigenvalue weighted by Gasteiger charge is -1.85. The topological polar surface area (TPSA) is 0 Å². The highest BCUT2D eigenvalue weighted by Gasteiger charge is 2.13. The number of aryl methyl sites for hydroxylation is 1. The number of hydrogen-bond acceptors (Lipinski definition) is 3. The van der Waals surface area contributed by atoms with Crippen molar-refractivity contribution < 1.29 is 0 Å². The molecule has 3 aromatic heterocycles. The highest BCUT2D eigenvalue weighted by molar-refractivity contribution is 7.41. The molecule has 0 unspecified atom stereocenters. The molecule has 78 valence electrons. The number of rotatable bonds is 0. The maximum absolute atomic E-state index is 2.31. The fraction of sp³-hybridized carbons (Fsp3) is 0.0769. The van der Waals surface area contributed by atoms with Crippen molar-refractivity contribution in [3.05, 3.63) is 35.2 Å². The molecule has 0 nitrogen and oxygen atoms in total. The van der Waals surface area contributed by atoms with Gasteiger partial charge in [-0.3, -0.25) is 0 Å². The van der Waals surface area contributed by atoms with Crippen molar-refractivity contribution in [3.8, 4) is 0 Å². The molecule has 0 aliphatic carbocycles. The van der Waals surface area contributed by atoms with Crippen LogP contribution < -0.4 is 0 Å². The van der Waals surface area contributed by atoms with E-state index >= 15 is 0 Å². The van der Waals surface area contributed by atoms with Gasteiger partial charge in [-0.15, -0.1) is 34.0 Å². The minimum Gasteiger partial charge on any atom is -0.138 e. The van der Waals surface area contributed by atoms with Crippen LogP contribution in [0.1, 0.15) is 4.88 Å². The summed E-state index contributed by atoms with van der Waals surface area (Å²) in [5.41, 5.74) is 0. The number of hydrogen-bond donors (Lipinski definition) is 0. The fourth-order valence-corrected chi connectivity index (χ4v) is 6.16. The molecule has 0 aliphatic heterocycles. The van der Waals surface area contributed by atoms with E-state index in [2.05, 4.69) is 37.3 Å². The van der Waals surface area contributed by atoms with Gasteiger partial charge in [0.25, 0.3) is 0 Å². The Morgan fingerprint density at radius 1 is 0.812 bits per heavy atom. The van der Waals surface area contributed by atoms with Gasteiger partial charge in [-0.25, -0.2) is 0 Å². The van der Waals surface area contributed by atoms with Gasteiger partial charge >= 0.3 is 0 Å². The standard InChI is InChI=1S/C13H8S3/c1-7-6-10-12(14-7)13-11(16-10)8-4-2-3-5-9(8)15-13/h2-6H,1H3. The average Bonchev–Trinajstić information content (AvgIpc) is 2.87. The molecule has 0 saturated heterocycles. The van der Waals surface area contributed by atoms with Crippen LogP contribution in [0.2, 0.25) is 0 Å². The summed E-state index contributed by atoms with van der Waals surface area (Å²) in [7, 11) is 0. The van der Waals surface area contributed by atoms with Crippen molar-refractivity contribution in [3.63, 3.8) is 0 Å². The third-order valence-electron chi connectivity index (χ3n) is 2.79. The quantitative estimate of drug-likeness (QED) is 0.384. The molecule has 0 amide bonds. The van der Waals surface area contributed by atoms with Crippen LogP contribution in [-0.2, 0) is 0 Å². The Kier molecular flexibility index (Phi) is 1.76. The van der Waals surface area contributed by atoms with Gasteiger partial charge in [-0.05, 0) is 19.1 Å².